The number of anilines is 1. The minimum absolute atomic E-state index is 0.0284. The van der Waals surface area contributed by atoms with Gasteiger partial charge in [0.2, 0.25) is 15.9 Å². The van der Waals surface area contributed by atoms with E-state index in [9.17, 15) is 18.0 Å². The van der Waals surface area contributed by atoms with E-state index in [-0.39, 0.29) is 29.6 Å². The molecule has 0 unspecified atom stereocenters. The van der Waals surface area contributed by atoms with Gasteiger partial charge in [0.05, 0.1) is 25.9 Å². The highest BCUT2D eigenvalue weighted by Crippen LogP contribution is 2.34. The van der Waals surface area contributed by atoms with Crippen molar-refractivity contribution in [2.75, 3.05) is 25.1 Å². The lowest BCUT2D eigenvalue weighted by Gasteiger charge is -2.35. The molecule has 4 aromatic rings. The van der Waals surface area contributed by atoms with Crippen molar-refractivity contribution in [1.82, 2.24) is 9.62 Å². The van der Waals surface area contributed by atoms with Crippen LogP contribution in [0.2, 0.25) is 0 Å². The molecule has 0 radical (unpaired) electrons. The molecule has 1 heterocycles. The lowest BCUT2D eigenvalue weighted by Crippen LogP contribution is -2.52. The highest BCUT2D eigenvalue weighted by molar-refractivity contribution is 7.89. The number of nitrogens with one attached hydrogen (secondary N) is 1. The molecule has 0 fully saturated rings. The highest BCUT2D eigenvalue weighted by Gasteiger charge is 2.37. The number of rotatable bonds is 10. The molecule has 4 aromatic carbocycles. The molecule has 9 nitrogen and oxygen atoms in total. The average molecular weight is 600 g/mol. The maximum Gasteiger partial charge on any atom is 0.263 e. The number of benzene rings is 4. The molecule has 43 heavy (non-hydrogen) atoms. The van der Waals surface area contributed by atoms with E-state index in [1.807, 2.05) is 48.5 Å². The summed E-state index contributed by atoms with van der Waals surface area (Å²) in [5, 5.41) is 2.87. The van der Waals surface area contributed by atoms with Gasteiger partial charge in [-0.3, -0.25) is 9.59 Å². The number of carbonyl (C=O) groups is 2. The second-order valence-electron chi connectivity index (χ2n) is 10.2. The lowest BCUT2D eigenvalue weighted by molar-refractivity contribution is -0.128. The van der Waals surface area contributed by atoms with Crippen molar-refractivity contribution < 1.29 is 27.5 Å². The summed E-state index contributed by atoms with van der Waals surface area (Å²) < 4.78 is 40.7. The van der Waals surface area contributed by atoms with Crippen LogP contribution in [0.5, 0.6) is 11.5 Å². The monoisotopic (exact) mass is 599 g/mol. The molecule has 2 amide bonds. The first-order chi connectivity index (χ1) is 20.8. The standard InChI is InChI=1S/C33H33N3O6S/c1-24-17-18-29(41-2)31(19-24)43(39,40)35(21-26-13-7-4-8-14-26)23-32(37)36-22-30(42-28-16-10-9-15-27(28)36)33(38)34-20-25-11-5-3-6-12-25/h3-19,30H,20-23H2,1-2H3,(H,34,38)/t30-/m0/s1. The number of carbonyl (C=O) groups excluding carboxylic acids is 2. The molecule has 1 N–H and O–H groups in total. The quantitative estimate of drug-likeness (QED) is 0.291. The summed E-state index contributed by atoms with van der Waals surface area (Å²) in [7, 11) is -2.79. The minimum Gasteiger partial charge on any atom is -0.495 e. The number of sulfonamides is 1. The Bertz CT molecular complexity index is 1700. The van der Waals surface area contributed by atoms with Gasteiger partial charge in [0.1, 0.15) is 16.4 Å². The summed E-state index contributed by atoms with van der Waals surface area (Å²) in [5.74, 6) is -0.333. The fourth-order valence-electron chi connectivity index (χ4n) is 4.88. The van der Waals surface area contributed by atoms with E-state index >= 15 is 0 Å². The fraction of sp³-hybridized carbons (Fsp3) is 0.212. The van der Waals surface area contributed by atoms with Gasteiger partial charge in [-0.05, 0) is 47.9 Å². The summed E-state index contributed by atoms with van der Waals surface area (Å²) in [6, 6.07) is 30.3. The molecule has 1 atom stereocenters. The van der Waals surface area contributed by atoms with Crippen LogP contribution in [-0.2, 0) is 32.7 Å². The van der Waals surface area contributed by atoms with Gasteiger partial charge in [-0.1, -0.05) is 78.9 Å². The van der Waals surface area contributed by atoms with Gasteiger partial charge in [0.15, 0.2) is 6.10 Å². The van der Waals surface area contributed by atoms with Crippen molar-refractivity contribution in [3.8, 4) is 11.5 Å². The van der Waals surface area contributed by atoms with Gasteiger partial charge in [-0.2, -0.15) is 4.31 Å². The first kappa shape index (κ1) is 29.8. The molecule has 0 spiro atoms. The number of para-hydroxylation sites is 2. The van der Waals surface area contributed by atoms with Gasteiger partial charge < -0.3 is 19.7 Å². The Balaban J connectivity index is 1.43. The third-order valence-corrected chi connectivity index (χ3v) is 8.94. The number of aryl methyl sites for hydroxylation is 1. The maximum absolute atomic E-state index is 14.1. The van der Waals surface area contributed by atoms with E-state index in [0.717, 1.165) is 15.4 Å². The van der Waals surface area contributed by atoms with Crippen LogP contribution in [0.3, 0.4) is 0 Å². The van der Waals surface area contributed by atoms with Crippen LogP contribution < -0.4 is 19.7 Å². The lowest BCUT2D eigenvalue weighted by atomic mass is 10.1. The van der Waals surface area contributed by atoms with Crippen molar-refractivity contribution in [3.05, 3.63) is 120 Å². The normalized spacial score (nSPS) is 14.5. The second-order valence-corrected chi connectivity index (χ2v) is 12.1. The predicted octanol–water partition coefficient (Wildman–Crippen LogP) is 4.31. The maximum atomic E-state index is 14.1. The number of hydrogen-bond donors (Lipinski definition) is 1. The smallest absolute Gasteiger partial charge is 0.263 e. The predicted molar refractivity (Wildman–Crippen MR) is 163 cm³/mol. The summed E-state index contributed by atoms with van der Waals surface area (Å²) in [6.45, 7) is 1.50. The molecule has 222 valence electrons. The number of amides is 2. The summed E-state index contributed by atoms with van der Waals surface area (Å²) in [5.41, 5.74) is 2.83. The molecular formula is C33H33N3O6S. The molecule has 5 rings (SSSR count). The summed E-state index contributed by atoms with van der Waals surface area (Å²) in [4.78, 5) is 28.6. The Hall–Kier alpha value is -4.67. The zero-order valence-electron chi connectivity index (χ0n) is 24.0. The topological polar surface area (TPSA) is 105 Å². The van der Waals surface area contributed by atoms with Crippen molar-refractivity contribution in [1.29, 1.82) is 0 Å². The van der Waals surface area contributed by atoms with Crippen molar-refractivity contribution in [2.45, 2.75) is 31.0 Å². The number of methoxy groups -OCH3 is 1. The van der Waals surface area contributed by atoms with Crippen molar-refractivity contribution in [3.63, 3.8) is 0 Å². The van der Waals surface area contributed by atoms with E-state index in [2.05, 4.69) is 5.32 Å². The third kappa shape index (κ3) is 6.87. The fourth-order valence-corrected chi connectivity index (χ4v) is 6.50. The minimum atomic E-state index is -4.19. The van der Waals surface area contributed by atoms with E-state index in [1.54, 1.807) is 55.5 Å². The Morgan fingerprint density at radius 2 is 1.58 bits per heavy atom. The van der Waals surface area contributed by atoms with Gasteiger partial charge in [-0.25, -0.2) is 8.42 Å². The molecule has 0 aliphatic carbocycles. The zero-order chi connectivity index (χ0) is 30.4. The SMILES string of the molecule is COc1ccc(C)cc1S(=O)(=O)N(CC(=O)N1C[C@@H](C(=O)NCc2ccccc2)Oc2ccccc21)Cc1ccccc1. The molecule has 0 saturated carbocycles. The van der Waals surface area contributed by atoms with Crippen LogP contribution >= 0.6 is 0 Å². The number of hydrogen-bond acceptors (Lipinski definition) is 6. The Morgan fingerprint density at radius 1 is 0.930 bits per heavy atom. The van der Waals surface area contributed by atoms with Crippen LogP contribution in [0, 0.1) is 6.92 Å². The third-order valence-electron chi connectivity index (χ3n) is 7.13. The van der Waals surface area contributed by atoms with Crippen LogP contribution in [0.25, 0.3) is 0 Å². The van der Waals surface area contributed by atoms with Gasteiger partial charge in [-0.15, -0.1) is 0 Å². The van der Waals surface area contributed by atoms with E-state index in [0.29, 0.717) is 23.5 Å². The van der Waals surface area contributed by atoms with Crippen molar-refractivity contribution >= 4 is 27.5 Å². The molecule has 1 aliphatic rings. The van der Waals surface area contributed by atoms with E-state index in [1.165, 1.54) is 18.1 Å². The number of nitrogens with zero attached hydrogens (tertiary/aromatic N) is 2. The molecular weight excluding hydrogens is 566 g/mol. The van der Waals surface area contributed by atoms with Crippen LogP contribution in [0.1, 0.15) is 16.7 Å². The van der Waals surface area contributed by atoms with E-state index in [4.69, 9.17) is 9.47 Å². The second kappa shape index (κ2) is 13.1. The molecule has 0 saturated heterocycles. The number of fused-ring (bicyclic) bond motifs is 1. The number of ether oxygens (including phenoxy) is 2. The van der Waals surface area contributed by atoms with Crippen LogP contribution in [-0.4, -0.2) is 50.8 Å². The van der Waals surface area contributed by atoms with Gasteiger partial charge >= 0.3 is 0 Å². The molecule has 0 aromatic heterocycles. The zero-order valence-corrected chi connectivity index (χ0v) is 24.8. The Morgan fingerprint density at radius 3 is 2.28 bits per heavy atom. The first-order valence-electron chi connectivity index (χ1n) is 13.8. The Labute approximate surface area is 251 Å². The largest absolute Gasteiger partial charge is 0.495 e. The van der Waals surface area contributed by atoms with E-state index < -0.39 is 28.6 Å². The first-order valence-corrected chi connectivity index (χ1v) is 15.3. The summed E-state index contributed by atoms with van der Waals surface area (Å²) in [6.07, 6.45) is -0.987. The molecule has 0 bridgehead atoms. The van der Waals surface area contributed by atoms with Gasteiger partial charge in [0, 0.05) is 13.1 Å². The highest BCUT2D eigenvalue weighted by atomic mass is 32.2. The molecule has 10 heteroatoms. The van der Waals surface area contributed by atoms with Crippen LogP contribution in [0.4, 0.5) is 5.69 Å². The Kier molecular flexibility index (Phi) is 9.08. The molecule has 1 aliphatic heterocycles. The van der Waals surface area contributed by atoms with Crippen molar-refractivity contribution in [2.24, 2.45) is 0 Å². The van der Waals surface area contributed by atoms with Gasteiger partial charge in [0.25, 0.3) is 5.91 Å². The summed E-state index contributed by atoms with van der Waals surface area (Å²) >= 11 is 0. The van der Waals surface area contributed by atoms with Crippen LogP contribution in [0.15, 0.2) is 108 Å². The average Bonchev–Trinajstić information content (AvgIpc) is 3.03.